The summed E-state index contributed by atoms with van der Waals surface area (Å²) in [7, 11) is 0. The maximum atomic E-state index is 12.6. The quantitative estimate of drug-likeness (QED) is 0.723. The summed E-state index contributed by atoms with van der Waals surface area (Å²) >= 11 is 1.42. The first-order valence-electron chi connectivity index (χ1n) is 9.96. The van der Waals surface area contributed by atoms with Crippen molar-refractivity contribution in [1.29, 1.82) is 5.26 Å². The molecule has 2 atom stereocenters. The van der Waals surface area contributed by atoms with E-state index in [1.807, 2.05) is 30.3 Å². The minimum Gasteiger partial charge on any atom is -0.325 e. The van der Waals surface area contributed by atoms with Gasteiger partial charge in [-0.15, -0.1) is 11.3 Å². The van der Waals surface area contributed by atoms with Crippen molar-refractivity contribution in [2.45, 2.75) is 38.6 Å². The first-order chi connectivity index (χ1) is 14.5. The Bertz CT molecular complexity index is 1040. The summed E-state index contributed by atoms with van der Waals surface area (Å²) in [5, 5.41) is 15.5. The lowest BCUT2D eigenvalue weighted by atomic mass is 9.89. The molecule has 2 heterocycles. The zero-order valence-electron chi connectivity index (χ0n) is 16.6. The minimum atomic E-state index is -0.682. The number of carbonyl (C=O) groups excluding carboxylic acids is 3. The number of rotatable bonds is 5. The molecule has 30 heavy (non-hydrogen) atoms. The van der Waals surface area contributed by atoms with E-state index in [1.54, 1.807) is 0 Å². The highest BCUT2D eigenvalue weighted by Crippen LogP contribution is 2.39. The van der Waals surface area contributed by atoms with Crippen LogP contribution in [-0.4, -0.2) is 35.3 Å². The number of anilines is 1. The number of imide groups is 1. The Morgan fingerprint density at radius 2 is 2.10 bits per heavy atom. The molecule has 1 aliphatic carbocycles. The van der Waals surface area contributed by atoms with Gasteiger partial charge >= 0.3 is 6.03 Å². The van der Waals surface area contributed by atoms with Crippen LogP contribution in [0.4, 0.5) is 9.80 Å². The van der Waals surface area contributed by atoms with Crippen LogP contribution in [-0.2, 0) is 28.9 Å². The topological polar surface area (TPSA) is 102 Å². The second kappa shape index (κ2) is 8.28. The van der Waals surface area contributed by atoms with Gasteiger partial charge in [-0.25, -0.2) is 4.79 Å². The summed E-state index contributed by atoms with van der Waals surface area (Å²) in [6, 6.07) is 10.3. The van der Waals surface area contributed by atoms with Crippen LogP contribution in [0.1, 0.15) is 34.9 Å². The fourth-order valence-corrected chi connectivity index (χ4v) is 5.36. The molecule has 0 bridgehead atoms. The molecule has 4 amide bonds. The van der Waals surface area contributed by atoms with Gasteiger partial charge in [0.2, 0.25) is 5.91 Å². The zero-order valence-corrected chi connectivity index (χ0v) is 17.4. The van der Waals surface area contributed by atoms with Crippen molar-refractivity contribution in [3.05, 3.63) is 51.9 Å². The highest BCUT2D eigenvalue weighted by atomic mass is 32.1. The lowest BCUT2D eigenvalue weighted by Crippen LogP contribution is -2.38. The van der Waals surface area contributed by atoms with Crippen LogP contribution >= 0.6 is 11.3 Å². The number of amides is 4. The van der Waals surface area contributed by atoms with Crippen LogP contribution in [0.3, 0.4) is 0 Å². The Morgan fingerprint density at radius 3 is 2.83 bits per heavy atom. The third kappa shape index (κ3) is 3.94. The number of nitrogens with zero attached hydrogens (tertiary/aromatic N) is 2. The fraction of sp³-hybridized carbons (Fsp3) is 0.364. The molecular weight excluding hydrogens is 400 g/mol. The van der Waals surface area contributed by atoms with Gasteiger partial charge in [0.15, 0.2) is 0 Å². The van der Waals surface area contributed by atoms with Crippen LogP contribution < -0.4 is 10.6 Å². The number of benzene rings is 1. The van der Waals surface area contributed by atoms with Crippen LogP contribution in [0.25, 0.3) is 0 Å². The van der Waals surface area contributed by atoms with Gasteiger partial charge in [0.25, 0.3) is 5.91 Å². The monoisotopic (exact) mass is 422 g/mol. The number of fused-ring (bicyclic) bond motifs is 1. The fourth-order valence-electron chi connectivity index (χ4n) is 3.98. The number of thiophene rings is 1. The maximum absolute atomic E-state index is 12.6. The van der Waals surface area contributed by atoms with Gasteiger partial charge in [0.05, 0.1) is 5.56 Å². The Hall–Kier alpha value is -3.18. The van der Waals surface area contributed by atoms with Gasteiger partial charge in [-0.1, -0.05) is 37.3 Å². The van der Waals surface area contributed by atoms with Gasteiger partial charge < -0.3 is 10.6 Å². The molecule has 2 aliphatic rings. The summed E-state index contributed by atoms with van der Waals surface area (Å²) in [6.07, 6.45) is 3.13. The molecule has 0 radical (unpaired) electrons. The molecule has 1 aliphatic heterocycles. The first kappa shape index (κ1) is 20.1. The van der Waals surface area contributed by atoms with Crippen molar-refractivity contribution in [3.8, 4) is 6.07 Å². The second-order valence-corrected chi connectivity index (χ2v) is 8.94. The van der Waals surface area contributed by atoms with Gasteiger partial charge in [0, 0.05) is 11.3 Å². The lowest BCUT2D eigenvalue weighted by Gasteiger charge is -2.17. The minimum absolute atomic E-state index is 0.373. The summed E-state index contributed by atoms with van der Waals surface area (Å²) < 4.78 is 0. The zero-order chi connectivity index (χ0) is 21.3. The Kier molecular flexibility index (Phi) is 5.55. The molecule has 0 spiro atoms. The largest absolute Gasteiger partial charge is 0.325 e. The number of nitrogens with one attached hydrogen (secondary N) is 2. The average Bonchev–Trinajstić information content (AvgIpc) is 3.19. The van der Waals surface area contributed by atoms with E-state index in [2.05, 4.69) is 23.6 Å². The third-order valence-corrected chi connectivity index (χ3v) is 6.74. The van der Waals surface area contributed by atoms with Crippen molar-refractivity contribution in [2.75, 3.05) is 11.9 Å². The van der Waals surface area contributed by atoms with Crippen LogP contribution in [0.2, 0.25) is 0 Å². The molecule has 4 rings (SSSR count). The Balaban J connectivity index is 1.43. The molecule has 1 aromatic carbocycles. The number of hydrogen-bond acceptors (Lipinski definition) is 5. The summed E-state index contributed by atoms with van der Waals surface area (Å²) in [6.45, 7) is 1.80. The van der Waals surface area contributed by atoms with Gasteiger partial charge in [0.1, 0.15) is 23.7 Å². The second-order valence-electron chi connectivity index (χ2n) is 7.83. The molecule has 0 saturated carbocycles. The number of hydrogen-bond donors (Lipinski definition) is 2. The van der Waals surface area contributed by atoms with Crippen LogP contribution in [0.15, 0.2) is 30.3 Å². The molecular formula is C22H22N4O3S. The predicted molar refractivity (Wildman–Crippen MR) is 113 cm³/mol. The molecule has 1 aromatic heterocycles. The van der Waals surface area contributed by atoms with Crippen molar-refractivity contribution < 1.29 is 14.4 Å². The summed E-state index contributed by atoms with van der Waals surface area (Å²) in [4.78, 5) is 39.5. The van der Waals surface area contributed by atoms with Crippen LogP contribution in [0, 0.1) is 17.2 Å². The molecule has 2 aromatic rings. The number of urea groups is 1. The standard InChI is InChI=1S/C22H22N4O3S/c1-13-7-8-15-16(11-23)20(30-18(15)9-13)25-19(27)12-26-21(28)17(24-22(26)29)10-14-5-3-2-4-6-14/h2-6,13,17H,7-10,12H2,1H3,(H,24,29)(H,25,27)/t13-,17+/m1/s1. The molecule has 1 saturated heterocycles. The summed E-state index contributed by atoms with van der Waals surface area (Å²) in [5.74, 6) is -0.348. The van der Waals surface area contributed by atoms with Crippen molar-refractivity contribution in [1.82, 2.24) is 10.2 Å². The van der Waals surface area contributed by atoms with Gasteiger partial charge in [-0.05, 0) is 36.3 Å². The van der Waals surface area contributed by atoms with E-state index in [9.17, 15) is 19.6 Å². The van der Waals surface area contributed by atoms with Gasteiger partial charge in [-0.3, -0.25) is 14.5 Å². The molecule has 7 nitrogen and oxygen atoms in total. The third-order valence-electron chi connectivity index (χ3n) is 5.57. The normalized spacial score (nSPS) is 20.5. The SMILES string of the molecule is C[C@@H]1CCc2c(sc(NC(=O)CN3C(=O)N[C@@H](Cc4ccccc4)C3=O)c2C#N)C1. The highest BCUT2D eigenvalue weighted by molar-refractivity contribution is 7.16. The molecule has 154 valence electrons. The molecule has 0 unspecified atom stereocenters. The summed E-state index contributed by atoms with van der Waals surface area (Å²) in [5.41, 5.74) is 2.46. The van der Waals surface area contributed by atoms with E-state index in [4.69, 9.17) is 0 Å². The van der Waals surface area contributed by atoms with Crippen molar-refractivity contribution in [3.63, 3.8) is 0 Å². The van der Waals surface area contributed by atoms with Crippen molar-refractivity contribution in [2.24, 2.45) is 5.92 Å². The van der Waals surface area contributed by atoms with E-state index in [0.29, 0.717) is 22.9 Å². The Labute approximate surface area is 178 Å². The molecule has 1 fully saturated rings. The van der Waals surface area contributed by atoms with Gasteiger partial charge in [-0.2, -0.15) is 5.26 Å². The lowest BCUT2D eigenvalue weighted by molar-refractivity contribution is -0.130. The van der Waals surface area contributed by atoms with E-state index in [1.165, 1.54) is 11.3 Å². The number of carbonyl (C=O) groups is 3. The molecule has 2 N–H and O–H groups in total. The van der Waals surface area contributed by atoms with E-state index < -0.39 is 23.9 Å². The van der Waals surface area contributed by atoms with E-state index in [-0.39, 0.29) is 6.54 Å². The smallest absolute Gasteiger partial charge is 0.325 e. The van der Waals surface area contributed by atoms with E-state index in [0.717, 1.165) is 40.2 Å². The molecule has 8 heteroatoms. The first-order valence-corrected chi connectivity index (χ1v) is 10.8. The predicted octanol–water partition coefficient (Wildman–Crippen LogP) is 2.85. The highest BCUT2D eigenvalue weighted by Gasteiger charge is 2.39. The average molecular weight is 423 g/mol. The maximum Gasteiger partial charge on any atom is 0.325 e. The van der Waals surface area contributed by atoms with Crippen molar-refractivity contribution >= 4 is 34.2 Å². The Morgan fingerprint density at radius 1 is 1.33 bits per heavy atom. The number of nitriles is 1. The van der Waals surface area contributed by atoms with E-state index >= 15 is 0 Å². The van der Waals surface area contributed by atoms with Crippen LogP contribution in [0.5, 0.6) is 0 Å².